The normalized spacial score (nSPS) is 13.5. The van der Waals surface area contributed by atoms with Gasteiger partial charge in [-0.2, -0.15) is 0 Å². The van der Waals surface area contributed by atoms with Crippen molar-refractivity contribution in [2.24, 2.45) is 5.92 Å². The average molecular weight is 444 g/mol. The molecule has 0 aromatic rings. The number of aliphatic carboxylic acids is 1. The number of carboxylic acid groups (broad SMARTS) is 1. The molecule has 0 aliphatic heterocycles. The molecule has 0 saturated heterocycles. The fraction of sp³-hybridized carbons (Fsp3) is 0.571. The SMILES string of the molecule is CC/C=C\C/C=C\C/C=C\C/C=C\C/C=C\CCCCCC(=O)NC(CC(C)C)C(=O)O. The van der Waals surface area contributed by atoms with Crippen LogP contribution in [0.2, 0.25) is 0 Å². The van der Waals surface area contributed by atoms with Gasteiger partial charge in [-0.3, -0.25) is 4.79 Å². The fourth-order valence-electron chi connectivity index (χ4n) is 3.05. The Bertz CT molecular complexity index is 627. The van der Waals surface area contributed by atoms with Crippen molar-refractivity contribution in [1.29, 1.82) is 0 Å². The standard InChI is InChI=1S/C28H45NO3/c1-4-5-6-7-8-9-10-11-12-13-14-15-16-17-18-19-20-21-22-23-27(30)29-26(28(31)32)24-25(2)3/h5-6,8-9,11-12,14-15,17-18,25-26H,4,7,10,13,16,19-24H2,1-3H3,(H,29,30)(H,31,32)/b6-5-,9-8-,12-11-,15-14-,18-17-. The van der Waals surface area contributed by atoms with Crippen molar-refractivity contribution in [2.75, 3.05) is 0 Å². The van der Waals surface area contributed by atoms with Crippen molar-refractivity contribution in [2.45, 2.75) is 97.4 Å². The number of carbonyl (C=O) groups is 2. The molecule has 1 unspecified atom stereocenters. The molecule has 4 nitrogen and oxygen atoms in total. The van der Waals surface area contributed by atoms with E-state index in [0.29, 0.717) is 12.8 Å². The van der Waals surface area contributed by atoms with Crippen LogP contribution >= 0.6 is 0 Å². The minimum absolute atomic E-state index is 0.159. The number of amides is 1. The van der Waals surface area contributed by atoms with Crippen LogP contribution in [0, 0.1) is 5.92 Å². The van der Waals surface area contributed by atoms with E-state index in [4.69, 9.17) is 0 Å². The lowest BCUT2D eigenvalue weighted by molar-refractivity contribution is -0.142. The van der Waals surface area contributed by atoms with E-state index in [1.165, 1.54) is 0 Å². The Morgan fingerprint density at radius 2 is 1.25 bits per heavy atom. The van der Waals surface area contributed by atoms with Crippen molar-refractivity contribution >= 4 is 11.9 Å². The summed E-state index contributed by atoms with van der Waals surface area (Å²) in [4.78, 5) is 23.1. The highest BCUT2D eigenvalue weighted by atomic mass is 16.4. The Hall–Kier alpha value is -2.36. The van der Waals surface area contributed by atoms with Gasteiger partial charge in [-0.1, -0.05) is 88.0 Å². The molecule has 1 atom stereocenters. The summed E-state index contributed by atoms with van der Waals surface area (Å²) in [6.07, 6.45) is 31.7. The minimum Gasteiger partial charge on any atom is -0.480 e. The van der Waals surface area contributed by atoms with Gasteiger partial charge in [-0.25, -0.2) is 4.79 Å². The van der Waals surface area contributed by atoms with E-state index in [2.05, 4.69) is 73.0 Å². The molecule has 0 radical (unpaired) electrons. The quantitative estimate of drug-likeness (QED) is 0.162. The molecular formula is C28H45NO3. The smallest absolute Gasteiger partial charge is 0.326 e. The maximum absolute atomic E-state index is 11.9. The summed E-state index contributed by atoms with van der Waals surface area (Å²) in [6.45, 7) is 6.06. The predicted octanol–water partition coefficient (Wildman–Crippen LogP) is 7.30. The molecule has 0 spiro atoms. The molecule has 1 amide bonds. The second-order valence-corrected chi connectivity index (χ2v) is 8.40. The molecular weight excluding hydrogens is 398 g/mol. The van der Waals surface area contributed by atoms with Gasteiger partial charge in [0, 0.05) is 6.42 Å². The molecule has 0 aromatic carbocycles. The van der Waals surface area contributed by atoms with Crippen LogP contribution < -0.4 is 5.32 Å². The Morgan fingerprint density at radius 1 is 0.750 bits per heavy atom. The molecule has 2 N–H and O–H groups in total. The van der Waals surface area contributed by atoms with Crippen LogP contribution in [0.1, 0.15) is 91.4 Å². The van der Waals surface area contributed by atoms with Crippen LogP contribution in [0.4, 0.5) is 0 Å². The van der Waals surface area contributed by atoms with Gasteiger partial charge in [0.25, 0.3) is 0 Å². The van der Waals surface area contributed by atoms with Gasteiger partial charge < -0.3 is 10.4 Å². The van der Waals surface area contributed by atoms with E-state index in [9.17, 15) is 14.7 Å². The molecule has 0 rings (SSSR count). The summed E-state index contributed by atoms with van der Waals surface area (Å²) < 4.78 is 0. The maximum atomic E-state index is 11.9. The van der Waals surface area contributed by atoms with Crippen LogP contribution in [0.5, 0.6) is 0 Å². The molecule has 4 heteroatoms. The average Bonchev–Trinajstić information content (AvgIpc) is 2.74. The van der Waals surface area contributed by atoms with E-state index in [0.717, 1.165) is 57.8 Å². The lowest BCUT2D eigenvalue weighted by atomic mass is 10.0. The van der Waals surface area contributed by atoms with E-state index in [1.54, 1.807) is 0 Å². The summed E-state index contributed by atoms with van der Waals surface area (Å²) in [6, 6.07) is -0.774. The molecule has 0 bridgehead atoms. The van der Waals surface area contributed by atoms with Gasteiger partial charge in [0.1, 0.15) is 6.04 Å². The zero-order valence-corrected chi connectivity index (χ0v) is 20.5. The Kier molecular flexibility index (Phi) is 20.2. The van der Waals surface area contributed by atoms with Crippen molar-refractivity contribution in [3.05, 3.63) is 60.8 Å². The Labute approximate surface area is 196 Å². The van der Waals surface area contributed by atoms with Gasteiger partial charge in [-0.05, 0) is 63.7 Å². The lowest BCUT2D eigenvalue weighted by Crippen LogP contribution is -2.41. The first-order chi connectivity index (χ1) is 15.5. The predicted molar refractivity (Wildman–Crippen MR) is 137 cm³/mol. The lowest BCUT2D eigenvalue weighted by Gasteiger charge is -2.16. The number of nitrogens with one attached hydrogen (secondary N) is 1. The van der Waals surface area contributed by atoms with Crippen LogP contribution in [0.15, 0.2) is 60.8 Å². The number of hydrogen-bond donors (Lipinski definition) is 2. The maximum Gasteiger partial charge on any atom is 0.326 e. The molecule has 0 aromatic heterocycles. The summed E-state index contributed by atoms with van der Waals surface area (Å²) in [7, 11) is 0. The van der Waals surface area contributed by atoms with Crippen LogP contribution in [-0.4, -0.2) is 23.0 Å². The zero-order valence-electron chi connectivity index (χ0n) is 20.5. The van der Waals surface area contributed by atoms with Crippen molar-refractivity contribution in [3.8, 4) is 0 Å². The minimum atomic E-state index is -0.953. The van der Waals surface area contributed by atoms with Crippen molar-refractivity contribution in [1.82, 2.24) is 5.32 Å². The van der Waals surface area contributed by atoms with E-state index in [-0.39, 0.29) is 11.8 Å². The van der Waals surface area contributed by atoms with Gasteiger partial charge in [0.15, 0.2) is 0 Å². The Balaban J connectivity index is 3.67. The largest absolute Gasteiger partial charge is 0.480 e. The van der Waals surface area contributed by atoms with Gasteiger partial charge in [-0.15, -0.1) is 0 Å². The van der Waals surface area contributed by atoms with Gasteiger partial charge in [0.2, 0.25) is 5.91 Å². The highest BCUT2D eigenvalue weighted by Gasteiger charge is 2.20. The highest BCUT2D eigenvalue weighted by Crippen LogP contribution is 2.08. The van der Waals surface area contributed by atoms with Crippen LogP contribution in [0.3, 0.4) is 0 Å². The summed E-state index contributed by atoms with van der Waals surface area (Å²) >= 11 is 0. The molecule has 0 aliphatic carbocycles. The topological polar surface area (TPSA) is 66.4 Å². The summed E-state index contributed by atoms with van der Waals surface area (Å²) in [5, 5.41) is 11.8. The molecule has 0 heterocycles. The third-order valence-electron chi connectivity index (χ3n) is 4.77. The fourth-order valence-corrected chi connectivity index (χ4v) is 3.05. The summed E-state index contributed by atoms with van der Waals surface area (Å²) in [5.74, 6) is -0.877. The first-order valence-corrected chi connectivity index (χ1v) is 12.2. The van der Waals surface area contributed by atoms with Gasteiger partial charge >= 0.3 is 5.97 Å². The number of unbranched alkanes of at least 4 members (excludes halogenated alkanes) is 3. The number of rotatable bonds is 19. The van der Waals surface area contributed by atoms with Gasteiger partial charge in [0.05, 0.1) is 0 Å². The third-order valence-corrected chi connectivity index (χ3v) is 4.77. The number of allylic oxidation sites excluding steroid dienone is 10. The van der Waals surface area contributed by atoms with E-state index >= 15 is 0 Å². The van der Waals surface area contributed by atoms with Crippen molar-refractivity contribution in [3.63, 3.8) is 0 Å². The summed E-state index contributed by atoms with van der Waals surface area (Å²) in [5.41, 5.74) is 0. The van der Waals surface area contributed by atoms with E-state index in [1.807, 2.05) is 13.8 Å². The number of hydrogen-bond acceptors (Lipinski definition) is 2. The second-order valence-electron chi connectivity index (χ2n) is 8.40. The first kappa shape index (κ1) is 29.6. The zero-order chi connectivity index (χ0) is 23.9. The molecule has 180 valence electrons. The third kappa shape index (κ3) is 20.9. The van der Waals surface area contributed by atoms with Crippen LogP contribution in [0.25, 0.3) is 0 Å². The number of carboxylic acids is 1. The second kappa shape index (κ2) is 21.9. The van der Waals surface area contributed by atoms with Crippen LogP contribution in [-0.2, 0) is 9.59 Å². The molecule has 0 fully saturated rings. The first-order valence-electron chi connectivity index (χ1n) is 12.2. The monoisotopic (exact) mass is 443 g/mol. The highest BCUT2D eigenvalue weighted by molar-refractivity contribution is 5.83. The van der Waals surface area contributed by atoms with E-state index < -0.39 is 12.0 Å². The Morgan fingerprint density at radius 3 is 1.72 bits per heavy atom. The molecule has 0 saturated carbocycles. The molecule has 32 heavy (non-hydrogen) atoms. The molecule has 0 aliphatic rings. The number of carbonyl (C=O) groups excluding carboxylic acids is 1. The van der Waals surface area contributed by atoms with Crippen molar-refractivity contribution < 1.29 is 14.7 Å².